The molecule has 0 atom stereocenters. The Bertz CT molecular complexity index is 106. The van der Waals surface area contributed by atoms with Crippen molar-refractivity contribution in [2.24, 2.45) is 11.5 Å². The Morgan fingerprint density at radius 1 is 1.60 bits per heavy atom. The van der Waals surface area contributed by atoms with Crippen LogP contribution in [0.25, 0.3) is 0 Å². The van der Waals surface area contributed by atoms with Gasteiger partial charge in [-0.2, -0.15) is 0 Å². The number of primary amides is 2. The third-order valence-corrected chi connectivity index (χ3v) is 0.612. The molecule has 0 aliphatic heterocycles. The van der Waals surface area contributed by atoms with Crippen molar-refractivity contribution in [3.63, 3.8) is 0 Å². The summed E-state index contributed by atoms with van der Waals surface area (Å²) in [7, 11) is 1.70. The van der Waals surface area contributed by atoms with E-state index in [9.17, 15) is 0 Å². The molecule has 2 amide bonds. The molecule has 7 heteroatoms. The van der Waals surface area contributed by atoms with Crippen molar-refractivity contribution in [2.45, 2.75) is 0 Å². The van der Waals surface area contributed by atoms with Crippen LogP contribution >= 0.6 is 12.2 Å². The molecule has 0 spiro atoms. The van der Waals surface area contributed by atoms with E-state index in [4.69, 9.17) is 4.79 Å². The van der Waals surface area contributed by atoms with Crippen molar-refractivity contribution < 1.29 is 34.4 Å². The summed E-state index contributed by atoms with van der Waals surface area (Å²) in [4.78, 5) is 9.00. The number of thiocarbonyl (C=S) groups is 1. The standard InChI is InChI=1S/C2H5NS2.CH4N2O.Na/c1-3-2(4)5;2-1(3)4;/h1H3,(H2,3,4,5);(H4,2,3,4);/q;;+1/p-1. The average molecular weight is 189 g/mol. The molecule has 0 heterocycles. The van der Waals surface area contributed by atoms with Crippen molar-refractivity contribution in [2.75, 3.05) is 7.05 Å². The van der Waals surface area contributed by atoms with Gasteiger partial charge in [-0.15, -0.1) is 0 Å². The second-order valence-electron chi connectivity index (χ2n) is 0.940. The smallest absolute Gasteiger partial charge is 0.412 e. The molecule has 4 nitrogen and oxygen atoms in total. The molecule has 0 aromatic carbocycles. The Morgan fingerprint density at radius 2 is 1.70 bits per heavy atom. The molecule has 0 bridgehead atoms. The number of rotatable bonds is 0. The van der Waals surface area contributed by atoms with Crippen molar-refractivity contribution in [3.05, 3.63) is 0 Å². The van der Waals surface area contributed by atoms with Crippen molar-refractivity contribution >= 4 is 35.2 Å². The zero-order valence-corrected chi connectivity index (χ0v) is 9.51. The van der Waals surface area contributed by atoms with Crippen molar-refractivity contribution in [1.29, 1.82) is 0 Å². The van der Waals surface area contributed by atoms with Gasteiger partial charge >= 0.3 is 35.6 Å². The van der Waals surface area contributed by atoms with E-state index in [0.29, 0.717) is 4.32 Å². The average Bonchev–Trinajstić information content (AvgIpc) is 1.65. The van der Waals surface area contributed by atoms with Crippen LogP contribution in [0.3, 0.4) is 0 Å². The molecule has 0 saturated heterocycles. The third-order valence-electron chi connectivity index (χ3n) is 0.204. The van der Waals surface area contributed by atoms with Gasteiger partial charge in [0.25, 0.3) is 0 Å². The summed E-state index contributed by atoms with van der Waals surface area (Å²) in [5.41, 5.74) is 8.50. The van der Waals surface area contributed by atoms with Crippen LogP contribution < -0.4 is 46.3 Å². The quantitative estimate of drug-likeness (QED) is 0.206. The Hall–Kier alpha value is 0.380. The van der Waals surface area contributed by atoms with E-state index in [-0.39, 0.29) is 29.6 Å². The first-order chi connectivity index (χ1) is 4.00. The SMILES string of the molecule is CNC(=S)[S-].NC(N)=O.[Na+]. The van der Waals surface area contributed by atoms with Crippen LogP contribution in [0.4, 0.5) is 4.79 Å². The molecule has 0 aromatic rings. The first kappa shape index (κ1) is 16.8. The van der Waals surface area contributed by atoms with E-state index >= 15 is 0 Å². The number of hydrogen-bond acceptors (Lipinski definition) is 3. The number of amides is 2. The minimum absolute atomic E-state index is 0. The van der Waals surface area contributed by atoms with E-state index in [2.05, 4.69) is 41.6 Å². The minimum Gasteiger partial charge on any atom is -0.412 e. The van der Waals surface area contributed by atoms with Gasteiger partial charge in [-0.1, -0.05) is 4.32 Å². The van der Waals surface area contributed by atoms with Gasteiger partial charge in [-0.05, 0) is 0 Å². The fourth-order valence-corrected chi connectivity index (χ4v) is 0. The maximum Gasteiger partial charge on any atom is 1.00 e. The van der Waals surface area contributed by atoms with Crippen LogP contribution in [0.2, 0.25) is 0 Å². The van der Waals surface area contributed by atoms with Gasteiger partial charge < -0.3 is 41.6 Å². The van der Waals surface area contributed by atoms with E-state index in [1.54, 1.807) is 7.05 Å². The monoisotopic (exact) mass is 189 g/mol. The minimum atomic E-state index is -0.833. The van der Waals surface area contributed by atoms with E-state index in [1.807, 2.05) is 0 Å². The second-order valence-corrected chi connectivity index (χ2v) is 2.01. The van der Waals surface area contributed by atoms with Gasteiger partial charge in [-0.3, -0.25) is 0 Å². The molecule has 54 valence electrons. The number of nitrogens with two attached hydrogens (primary N) is 2. The first-order valence-corrected chi connectivity index (χ1v) is 2.76. The number of carbonyl (C=O) groups excluding carboxylic acids is 1. The Morgan fingerprint density at radius 3 is 1.70 bits per heavy atom. The third kappa shape index (κ3) is 80.6. The fraction of sp³-hybridized carbons (Fsp3) is 0.333. The van der Waals surface area contributed by atoms with Gasteiger partial charge in [0, 0.05) is 7.05 Å². The predicted octanol–water partition coefficient (Wildman–Crippen LogP) is -3.93. The van der Waals surface area contributed by atoms with Gasteiger partial charge in [-0.25, -0.2) is 4.79 Å². The Balaban J connectivity index is -0.0000000910. The normalized spacial score (nSPS) is 5.70. The van der Waals surface area contributed by atoms with Crippen LogP contribution in [0.15, 0.2) is 0 Å². The number of carbonyl (C=O) groups is 1. The molecule has 0 fully saturated rings. The fourth-order valence-electron chi connectivity index (χ4n) is 0. The van der Waals surface area contributed by atoms with Gasteiger partial charge in [0.2, 0.25) is 0 Å². The van der Waals surface area contributed by atoms with Crippen LogP contribution in [-0.2, 0) is 12.6 Å². The molecule has 0 radical (unpaired) electrons. The van der Waals surface area contributed by atoms with Gasteiger partial charge in [0.05, 0.1) is 0 Å². The summed E-state index contributed by atoms with van der Waals surface area (Å²) in [6.45, 7) is 0. The summed E-state index contributed by atoms with van der Waals surface area (Å²) >= 11 is 8.80. The van der Waals surface area contributed by atoms with Crippen LogP contribution in [0, 0.1) is 0 Å². The molecular weight excluding hydrogens is 181 g/mol. The van der Waals surface area contributed by atoms with Crippen LogP contribution in [0.5, 0.6) is 0 Å². The number of nitrogens with one attached hydrogen (secondary N) is 1. The molecule has 0 aliphatic rings. The summed E-state index contributed by atoms with van der Waals surface area (Å²) in [5.74, 6) is 0. The summed E-state index contributed by atoms with van der Waals surface area (Å²) in [5, 5.41) is 2.57. The molecule has 0 aromatic heterocycles. The molecule has 0 rings (SSSR count). The van der Waals surface area contributed by atoms with E-state index in [1.165, 1.54) is 0 Å². The zero-order chi connectivity index (χ0) is 7.86. The molecular formula is C3H8N3NaOS2. The van der Waals surface area contributed by atoms with Gasteiger partial charge in [0.15, 0.2) is 0 Å². The van der Waals surface area contributed by atoms with Gasteiger partial charge in [0.1, 0.15) is 0 Å². The predicted molar refractivity (Wildman–Crippen MR) is 42.8 cm³/mol. The molecule has 0 saturated carbocycles. The van der Waals surface area contributed by atoms with E-state index in [0.717, 1.165) is 0 Å². The second kappa shape index (κ2) is 12.1. The largest absolute Gasteiger partial charge is 1.00 e. The maximum absolute atomic E-state index is 9.00. The zero-order valence-electron chi connectivity index (χ0n) is 5.88. The maximum atomic E-state index is 9.00. The summed E-state index contributed by atoms with van der Waals surface area (Å²) < 4.78 is 0.421. The number of urea groups is 1. The first-order valence-electron chi connectivity index (χ1n) is 1.94. The van der Waals surface area contributed by atoms with Crippen molar-refractivity contribution in [1.82, 2.24) is 5.32 Å². The summed E-state index contributed by atoms with van der Waals surface area (Å²) in [6.07, 6.45) is 0. The Labute approximate surface area is 92.8 Å². The van der Waals surface area contributed by atoms with E-state index < -0.39 is 6.03 Å². The molecule has 10 heavy (non-hydrogen) atoms. The topological polar surface area (TPSA) is 81.1 Å². The molecule has 0 unspecified atom stereocenters. The molecule has 0 aliphatic carbocycles. The van der Waals surface area contributed by atoms with Crippen molar-refractivity contribution in [3.8, 4) is 0 Å². The van der Waals surface area contributed by atoms with Crippen LogP contribution in [-0.4, -0.2) is 17.4 Å². The van der Waals surface area contributed by atoms with Crippen LogP contribution in [0.1, 0.15) is 0 Å². The Kier molecular flexibility index (Phi) is 20.3. The molecule has 5 N–H and O–H groups in total. The summed E-state index contributed by atoms with van der Waals surface area (Å²) in [6, 6.07) is -0.833. The number of hydrogen-bond donors (Lipinski definition) is 3.